The molecule has 0 heterocycles. The Morgan fingerprint density at radius 3 is 1.86 bits per heavy atom. The molecule has 0 bridgehead atoms. The first-order valence-electron chi connectivity index (χ1n) is 3.32. The van der Waals surface area contributed by atoms with E-state index in [2.05, 4.69) is 15.9 Å². The maximum atomic E-state index is 11.6. The van der Waals surface area contributed by atoms with Gasteiger partial charge < -0.3 is 0 Å². The summed E-state index contributed by atoms with van der Waals surface area (Å²) in [5.74, 6) is 0. The normalized spacial score (nSPS) is 12.9. The Balaban J connectivity index is 3.25. The Labute approximate surface area is 105 Å². The van der Waals surface area contributed by atoms with E-state index in [9.17, 15) is 8.42 Å². The molecule has 0 saturated carbocycles. The number of rotatable bonds is 1. The summed E-state index contributed by atoms with van der Waals surface area (Å²) in [6.45, 7) is 0. The summed E-state index contributed by atoms with van der Waals surface area (Å²) in [6, 6.07) is 5.84. The van der Waals surface area contributed by atoms with Crippen LogP contribution in [0.5, 0.6) is 0 Å². The highest BCUT2D eigenvalue weighted by molar-refractivity contribution is 9.10. The van der Waals surface area contributed by atoms with E-state index in [1.807, 2.05) is 0 Å². The van der Waals surface area contributed by atoms with Crippen molar-refractivity contribution in [2.24, 2.45) is 0 Å². The van der Waals surface area contributed by atoms with Crippen LogP contribution < -0.4 is 0 Å². The lowest BCUT2D eigenvalue weighted by atomic mass is 10.4. The molecule has 1 aromatic carbocycles. The summed E-state index contributed by atoms with van der Waals surface area (Å²) < 4.78 is 21.5. The van der Waals surface area contributed by atoms with Gasteiger partial charge in [-0.1, -0.05) is 50.7 Å². The van der Waals surface area contributed by atoms with Crippen LogP contribution in [0.1, 0.15) is 0 Å². The molecule has 0 aliphatic rings. The van der Waals surface area contributed by atoms with Crippen molar-refractivity contribution in [1.29, 1.82) is 0 Å². The third kappa shape index (κ3) is 2.55. The zero-order valence-corrected chi connectivity index (χ0v) is 11.2. The molecule has 0 saturated heterocycles. The van der Waals surface area contributed by atoms with Crippen LogP contribution in [0.15, 0.2) is 33.6 Å². The van der Waals surface area contributed by atoms with E-state index in [1.165, 1.54) is 12.1 Å². The van der Waals surface area contributed by atoms with Crippen molar-refractivity contribution in [2.45, 2.75) is 8.02 Å². The van der Waals surface area contributed by atoms with Gasteiger partial charge in [0.05, 0.1) is 4.90 Å². The highest BCUT2D eigenvalue weighted by atomic mass is 79.9. The largest absolute Gasteiger partial charge is 0.296 e. The third-order valence-corrected chi connectivity index (χ3v) is 5.29. The number of sulfone groups is 1. The minimum absolute atomic E-state index is 0.0271. The van der Waals surface area contributed by atoms with Gasteiger partial charge in [0, 0.05) is 4.47 Å². The Bertz CT molecular complexity index is 421. The fourth-order valence-corrected chi connectivity index (χ4v) is 2.58. The Hall–Kier alpha value is 0.520. The number of hydrogen-bond donors (Lipinski definition) is 0. The predicted octanol–water partition coefficient (Wildman–Crippen LogP) is 3.55. The molecule has 0 aliphatic heterocycles. The predicted molar refractivity (Wildman–Crippen MR) is 61.6 cm³/mol. The molecule has 0 unspecified atom stereocenters. The summed E-state index contributed by atoms with van der Waals surface area (Å²) >= 11 is 19.2. The molecule has 14 heavy (non-hydrogen) atoms. The van der Waals surface area contributed by atoms with E-state index < -0.39 is 13.0 Å². The van der Waals surface area contributed by atoms with Gasteiger partial charge in [0.2, 0.25) is 9.84 Å². The molecule has 0 radical (unpaired) electrons. The quantitative estimate of drug-likeness (QED) is 0.734. The molecular weight excluding hydrogens is 334 g/mol. The SMILES string of the molecule is O=S(=O)(c1ccc(Br)cc1)C(Cl)(Cl)Cl. The molecule has 0 aliphatic carbocycles. The maximum Gasteiger partial charge on any atom is 0.296 e. The van der Waals surface area contributed by atoms with Gasteiger partial charge >= 0.3 is 0 Å². The van der Waals surface area contributed by atoms with E-state index in [1.54, 1.807) is 12.1 Å². The zero-order chi connectivity index (χ0) is 11.0. The Morgan fingerprint density at radius 2 is 1.50 bits per heavy atom. The van der Waals surface area contributed by atoms with Crippen LogP contribution in [0.2, 0.25) is 0 Å². The summed E-state index contributed by atoms with van der Waals surface area (Å²) in [6.07, 6.45) is 0. The first-order chi connectivity index (χ1) is 6.25. The molecule has 0 aromatic heterocycles. The van der Waals surface area contributed by atoms with E-state index in [4.69, 9.17) is 34.8 Å². The first-order valence-corrected chi connectivity index (χ1v) is 6.73. The summed E-state index contributed by atoms with van der Waals surface area (Å²) in [7, 11) is -3.92. The van der Waals surface area contributed by atoms with E-state index in [-0.39, 0.29) is 4.90 Å². The molecule has 0 fully saturated rings. The second-order valence-corrected chi connectivity index (χ2v) is 8.36. The molecule has 78 valence electrons. The van der Waals surface area contributed by atoms with Crippen LogP contribution in [0.3, 0.4) is 0 Å². The van der Waals surface area contributed by atoms with Crippen molar-refractivity contribution in [2.75, 3.05) is 0 Å². The van der Waals surface area contributed by atoms with Gasteiger partial charge in [0.15, 0.2) is 0 Å². The molecule has 1 aromatic rings. The minimum atomic E-state index is -3.92. The monoisotopic (exact) mass is 336 g/mol. The molecule has 0 atom stereocenters. The van der Waals surface area contributed by atoms with Crippen molar-refractivity contribution in [3.63, 3.8) is 0 Å². The highest BCUT2D eigenvalue weighted by Crippen LogP contribution is 2.37. The second kappa shape index (κ2) is 4.18. The number of alkyl halides is 3. The minimum Gasteiger partial charge on any atom is -0.219 e. The van der Waals surface area contributed by atoms with Gasteiger partial charge in [-0.3, -0.25) is 0 Å². The van der Waals surface area contributed by atoms with Crippen molar-refractivity contribution >= 4 is 60.6 Å². The third-order valence-electron chi connectivity index (χ3n) is 1.43. The number of hydrogen-bond acceptors (Lipinski definition) is 2. The second-order valence-electron chi connectivity index (χ2n) is 2.40. The fraction of sp³-hybridized carbons (Fsp3) is 0.143. The van der Waals surface area contributed by atoms with Gasteiger partial charge in [-0.25, -0.2) is 8.42 Å². The van der Waals surface area contributed by atoms with Gasteiger partial charge in [-0.15, -0.1) is 0 Å². The molecule has 0 spiro atoms. The molecule has 0 N–H and O–H groups in total. The molecule has 1 rings (SSSR count). The summed E-state index contributed by atoms with van der Waals surface area (Å²) in [5.41, 5.74) is 0. The van der Waals surface area contributed by atoms with E-state index in [0.29, 0.717) is 0 Å². The zero-order valence-electron chi connectivity index (χ0n) is 6.55. The van der Waals surface area contributed by atoms with Crippen molar-refractivity contribution in [1.82, 2.24) is 0 Å². The lowest BCUT2D eigenvalue weighted by Gasteiger charge is -2.11. The maximum absolute atomic E-state index is 11.6. The van der Waals surface area contributed by atoms with Crippen LogP contribution in [0.4, 0.5) is 0 Å². The van der Waals surface area contributed by atoms with Crippen LogP contribution in [0.25, 0.3) is 0 Å². The van der Waals surface area contributed by atoms with Gasteiger partial charge in [0.25, 0.3) is 3.12 Å². The van der Waals surface area contributed by atoms with Gasteiger partial charge in [0.1, 0.15) is 0 Å². The summed E-state index contributed by atoms with van der Waals surface area (Å²) in [4.78, 5) is -0.0271. The summed E-state index contributed by atoms with van der Waals surface area (Å²) in [5, 5.41) is 0. The standard InChI is InChI=1S/C7H4BrCl3O2S/c8-5-1-3-6(4-2-5)14(12,13)7(9,10)11/h1-4H. The van der Waals surface area contributed by atoms with Crippen molar-refractivity contribution in [3.05, 3.63) is 28.7 Å². The topological polar surface area (TPSA) is 34.1 Å². The van der Waals surface area contributed by atoms with E-state index >= 15 is 0 Å². The van der Waals surface area contributed by atoms with Crippen LogP contribution >= 0.6 is 50.7 Å². The lowest BCUT2D eigenvalue weighted by molar-refractivity contribution is 0.596. The van der Waals surface area contributed by atoms with Crippen molar-refractivity contribution in [3.8, 4) is 0 Å². The van der Waals surface area contributed by atoms with Crippen LogP contribution in [0, 0.1) is 0 Å². The molecule has 0 amide bonds. The average molecular weight is 338 g/mol. The van der Waals surface area contributed by atoms with Crippen LogP contribution in [-0.2, 0) is 9.84 Å². The average Bonchev–Trinajstić information content (AvgIpc) is 2.03. The Morgan fingerprint density at radius 1 is 1.07 bits per heavy atom. The highest BCUT2D eigenvalue weighted by Gasteiger charge is 2.39. The fourth-order valence-electron chi connectivity index (χ4n) is 0.747. The Kier molecular flexibility index (Phi) is 3.76. The molecule has 2 nitrogen and oxygen atoms in total. The molecular formula is C7H4BrCl3O2S. The molecule has 7 heteroatoms. The number of halogens is 4. The van der Waals surface area contributed by atoms with Crippen LogP contribution in [-0.4, -0.2) is 11.5 Å². The van der Waals surface area contributed by atoms with Gasteiger partial charge in [-0.05, 0) is 24.3 Å². The van der Waals surface area contributed by atoms with E-state index in [0.717, 1.165) is 4.47 Å². The van der Waals surface area contributed by atoms with Gasteiger partial charge in [-0.2, -0.15) is 0 Å². The lowest BCUT2D eigenvalue weighted by Crippen LogP contribution is -2.19. The van der Waals surface area contributed by atoms with Crippen molar-refractivity contribution < 1.29 is 8.42 Å². The first kappa shape index (κ1) is 12.6. The smallest absolute Gasteiger partial charge is 0.219 e. The number of benzene rings is 1.